The Kier molecular flexibility index (Phi) is 3.90. The molecule has 7 heteroatoms. The lowest BCUT2D eigenvalue weighted by atomic mass is 10.2. The minimum absolute atomic E-state index is 0.0719. The predicted molar refractivity (Wildman–Crippen MR) is 67.2 cm³/mol. The zero-order chi connectivity index (χ0) is 13.2. The zero-order valence-electron chi connectivity index (χ0n) is 9.39. The van der Waals surface area contributed by atoms with Gasteiger partial charge in [0.1, 0.15) is 11.9 Å². The Hall–Kier alpha value is -1.10. The number of hydrogen-bond donors (Lipinski definition) is 1. The molecule has 1 aliphatic heterocycles. The highest BCUT2D eigenvalue weighted by molar-refractivity contribution is 7.99. The second-order valence-corrected chi connectivity index (χ2v) is 6.80. The normalized spacial score (nSPS) is 19.7. The van der Waals surface area contributed by atoms with Gasteiger partial charge in [0.05, 0.1) is 10.5 Å². The number of nitriles is 1. The van der Waals surface area contributed by atoms with Crippen molar-refractivity contribution in [3.05, 3.63) is 29.6 Å². The molecule has 1 aromatic carbocycles. The van der Waals surface area contributed by atoms with Crippen molar-refractivity contribution in [2.24, 2.45) is 0 Å². The van der Waals surface area contributed by atoms with E-state index in [0.717, 1.165) is 30.1 Å². The average Bonchev–Trinajstić information content (AvgIpc) is 2.81. The average molecular weight is 286 g/mol. The first-order valence-electron chi connectivity index (χ1n) is 5.32. The highest BCUT2D eigenvalue weighted by Gasteiger charge is 2.23. The summed E-state index contributed by atoms with van der Waals surface area (Å²) in [6, 6.07) is 4.76. The van der Waals surface area contributed by atoms with E-state index in [9.17, 15) is 12.8 Å². The first-order chi connectivity index (χ1) is 8.53. The second kappa shape index (κ2) is 5.26. The van der Waals surface area contributed by atoms with E-state index in [0.29, 0.717) is 0 Å². The van der Waals surface area contributed by atoms with Gasteiger partial charge in [0.2, 0.25) is 10.0 Å². The molecule has 0 aliphatic carbocycles. The van der Waals surface area contributed by atoms with Crippen LogP contribution >= 0.6 is 11.8 Å². The summed E-state index contributed by atoms with van der Waals surface area (Å²) in [6.45, 7) is 0. The van der Waals surface area contributed by atoms with Crippen LogP contribution < -0.4 is 4.72 Å². The maximum Gasteiger partial charge on any atom is 0.240 e. The van der Waals surface area contributed by atoms with Crippen LogP contribution in [0.5, 0.6) is 0 Å². The van der Waals surface area contributed by atoms with E-state index in [1.165, 1.54) is 6.07 Å². The fourth-order valence-electron chi connectivity index (χ4n) is 1.67. The number of benzene rings is 1. The monoisotopic (exact) mass is 286 g/mol. The first kappa shape index (κ1) is 13.3. The van der Waals surface area contributed by atoms with Crippen LogP contribution in [0.25, 0.3) is 0 Å². The summed E-state index contributed by atoms with van der Waals surface area (Å²) in [5, 5.41) is 8.68. The molecular formula is C11H11FN2O2S2. The molecule has 2 rings (SSSR count). The molecule has 0 spiro atoms. The predicted octanol–water partition coefficient (Wildman–Crippen LogP) is 1.48. The molecule has 1 aromatic rings. The van der Waals surface area contributed by atoms with Crippen molar-refractivity contribution in [2.45, 2.75) is 17.4 Å². The molecule has 0 aromatic heterocycles. The van der Waals surface area contributed by atoms with Crippen LogP contribution in [0.4, 0.5) is 4.39 Å². The Morgan fingerprint density at radius 3 is 2.89 bits per heavy atom. The van der Waals surface area contributed by atoms with E-state index in [2.05, 4.69) is 4.72 Å². The van der Waals surface area contributed by atoms with E-state index >= 15 is 0 Å². The minimum Gasteiger partial charge on any atom is -0.207 e. The Morgan fingerprint density at radius 2 is 2.28 bits per heavy atom. The first-order valence-corrected chi connectivity index (χ1v) is 7.96. The molecule has 4 nitrogen and oxygen atoms in total. The highest BCUT2D eigenvalue weighted by Crippen LogP contribution is 2.20. The fourth-order valence-corrected chi connectivity index (χ4v) is 4.23. The fraction of sp³-hybridized carbons (Fsp3) is 0.364. The smallest absolute Gasteiger partial charge is 0.207 e. The van der Waals surface area contributed by atoms with Gasteiger partial charge in [0.15, 0.2) is 0 Å². The van der Waals surface area contributed by atoms with Crippen LogP contribution in [0.2, 0.25) is 0 Å². The maximum absolute atomic E-state index is 13.1. The van der Waals surface area contributed by atoms with Crippen LogP contribution in [0.1, 0.15) is 12.0 Å². The van der Waals surface area contributed by atoms with Crippen molar-refractivity contribution in [1.82, 2.24) is 4.72 Å². The van der Waals surface area contributed by atoms with Gasteiger partial charge in [-0.15, -0.1) is 0 Å². The second-order valence-electron chi connectivity index (χ2n) is 3.94. The van der Waals surface area contributed by atoms with Crippen molar-refractivity contribution in [3.8, 4) is 6.07 Å². The van der Waals surface area contributed by atoms with Gasteiger partial charge in [-0.05, 0) is 30.4 Å². The van der Waals surface area contributed by atoms with E-state index < -0.39 is 15.8 Å². The standard InChI is InChI=1S/C11H11FN2O2S2/c12-11-2-1-10(5-8(11)6-13)18(15,16)14-9-3-4-17-7-9/h1-2,5,9,14H,3-4,7H2. The summed E-state index contributed by atoms with van der Waals surface area (Å²) in [7, 11) is -3.67. The molecule has 0 bridgehead atoms. The van der Waals surface area contributed by atoms with Crippen molar-refractivity contribution in [1.29, 1.82) is 5.26 Å². The van der Waals surface area contributed by atoms with E-state index in [1.807, 2.05) is 0 Å². The van der Waals surface area contributed by atoms with Crippen LogP contribution in [-0.2, 0) is 10.0 Å². The Labute approximate surface area is 109 Å². The molecule has 1 atom stereocenters. The van der Waals surface area contributed by atoms with Gasteiger partial charge < -0.3 is 0 Å². The van der Waals surface area contributed by atoms with Gasteiger partial charge >= 0.3 is 0 Å². The molecule has 1 heterocycles. The molecule has 18 heavy (non-hydrogen) atoms. The quantitative estimate of drug-likeness (QED) is 0.913. The van der Waals surface area contributed by atoms with Gasteiger partial charge in [-0.1, -0.05) is 0 Å². The summed E-state index contributed by atoms with van der Waals surface area (Å²) in [5.41, 5.74) is -0.265. The lowest BCUT2D eigenvalue weighted by Gasteiger charge is -2.12. The number of nitrogens with one attached hydrogen (secondary N) is 1. The third-order valence-corrected chi connectivity index (χ3v) is 5.30. The van der Waals surface area contributed by atoms with Crippen LogP contribution in [0, 0.1) is 17.1 Å². The SMILES string of the molecule is N#Cc1cc(S(=O)(=O)NC2CCSC2)ccc1F. The van der Waals surface area contributed by atoms with Crippen LogP contribution in [0.3, 0.4) is 0 Å². The van der Waals surface area contributed by atoms with Crippen LogP contribution in [-0.4, -0.2) is 26.0 Å². The summed E-state index contributed by atoms with van der Waals surface area (Å²) < 4.78 is 39.7. The Balaban J connectivity index is 2.27. The number of nitrogens with zero attached hydrogens (tertiary/aromatic N) is 1. The van der Waals surface area contributed by atoms with Crippen molar-refractivity contribution in [2.75, 3.05) is 11.5 Å². The van der Waals surface area contributed by atoms with Gasteiger partial charge in [0, 0.05) is 11.8 Å². The lowest BCUT2D eigenvalue weighted by molar-refractivity contribution is 0.562. The highest BCUT2D eigenvalue weighted by atomic mass is 32.2. The summed E-state index contributed by atoms with van der Waals surface area (Å²) in [4.78, 5) is -0.0719. The summed E-state index contributed by atoms with van der Waals surface area (Å²) >= 11 is 1.69. The topological polar surface area (TPSA) is 70.0 Å². The number of halogens is 1. The van der Waals surface area contributed by atoms with E-state index in [4.69, 9.17) is 5.26 Å². The third kappa shape index (κ3) is 2.83. The number of hydrogen-bond acceptors (Lipinski definition) is 4. The van der Waals surface area contributed by atoms with E-state index in [1.54, 1.807) is 17.8 Å². The van der Waals surface area contributed by atoms with Gasteiger partial charge in [-0.3, -0.25) is 0 Å². The molecule has 0 amide bonds. The maximum atomic E-state index is 13.1. The van der Waals surface area contributed by atoms with Crippen molar-refractivity contribution in [3.63, 3.8) is 0 Å². The molecule has 0 saturated carbocycles. The number of rotatable bonds is 3. The third-order valence-electron chi connectivity index (χ3n) is 2.62. The number of thioether (sulfide) groups is 1. The van der Waals surface area contributed by atoms with Crippen molar-refractivity contribution < 1.29 is 12.8 Å². The molecule has 1 fully saturated rings. The van der Waals surface area contributed by atoms with E-state index in [-0.39, 0.29) is 16.5 Å². The zero-order valence-corrected chi connectivity index (χ0v) is 11.0. The molecule has 1 aliphatic rings. The molecule has 1 saturated heterocycles. The largest absolute Gasteiger partial charge is 0.240 e. The minimum atomic E-state index is -3.67. The van der Waals surface area contributed by atoms with Gasteiger partial charge in [0.25, 0.3) is 0 Å². The molecule has 1 unspecified atom stereocenters. The van der Waals surface area contributed by atoms with Gasteiger partial charge in [-0.25, -0.2) is 17.5 Å². The Bertz CT molecular complexity index is 590. The molecule has 0 radical (unpaired) electrons. The van der Waals surface area contributed by atoms with Crippen molar-refractivity contribution >= 4 is 21.8 Å². The Morgan fingerprint density at radius 1 is 1.50 bits per heavy atom. The van der Waals surface area contributed by atoms with Crippen LogP contribution in [0.15, 0.2) is 23.1 Å². The number of sulfonamides is 1. The summed E-state index contributed by atoms with van der Waals surface area (Å²) in [5.74, 6) is 0.957. The lowest BCUT2D eigenvalue weighted by Crippen LogP contribution is -2.34. The molecular weight excluding hydrogens is 275 g/mol. The van der Waals surface area contributed by atoms with Gasteiger partial charge in [-0.2, -0.15) is 17.0 Å². The summed E-state index contributed by atoms with van der Waals surface area (Å²) in [6.07, 6.45) is 0.788. The molecule has 1 N–H and O–H groups in total. The molecule has 96 valence electrons.